The van der Waals surface area contributed by atoms with Crippen LogP contribution in [-0.2, 0) is 12.8 Å². The zero-order valence-electron chi connectivity index (χ0n) is 18.5. The predicted octanol–water partition coefficient (Wildman–Crippen LogP) is 3.05. The van der Waals surface area contributed by atoms with Gasteiger partial charge in [0, 0.05) is 39.8 Å². The van der Waals surface area contributed by atoms with Crippen molar-refractivity contribution in [2.45, 2.75) is 19.3 Å². The van der Waals surface area contributed by atoms with E-state index in [4.69, 9.17) is 9.47 Å². The summed E-state index contributed by atoms with van der Waals surface area (Å²) in [6, 6.07) is 11.9. The lowest BCUT2D eigenvalue weighted by atomic mass is 10.1. The number of fused-ring (bicyclic) bond motifs is 1. The number of guanidine groups is 1. The minimum Gasteiger partial charge on any atom is -0.493 e. The number of aryl methyl sites for hydroxylation is 1. The molecule has 0 saturated carbocycles. The van der Waals surface area contributed by atoms with Gasteiger partial charge in [0.15, 0.2) is 23.1 Å². The van der Waals surface area contributed by atoms with E-state index in [0.29, 0.717) is 0 Å². The highest BCUT2D eigenvalue weighted by atomic mass is 127. The molecule has 0 unspecified atom stereocenters. The van der Waals surface area contributed by atoms with Gasteiger partial charge < -0.3 is 19.7 Å². The van der Waals surface area contributed by atoms with E-state index in [1.807, 2.05) is 48.0 Å². The standard InChI is InChI=1S/C22H30N6O2.HI/c1-23-22(24-13-7-9-21-26-25-20-8-5-6-14-28(20)21)27(2)15-12-17-10-11-18(29-3)19(16-17)30-4;/h5-6,8,10-11,14,16H,7,9,12-13,15H2,1-4H3,(H,23,24);1H. The molecule has 3 aromatic rings. The van der Waals surface area contributed by atoms with Crippen molar-refractivity contribution < 1.29 is 9.47 Å². The number of nitrogens with one attached hydrogen (secondary N) is 1. The summed E-state index contributed by atoms with van der Waals surface area (Å²) >= 11 is 0. The van der Waals surface area contributed by atoms with Gasteiger partial charge in [-0.1, -0.05) is 12.1 Å². The average Bonchev–Trinajstić information content (AvgIpc) is 3.20. The van der Waals surface area contributed by atoms with Gasteiger partial charge in [0.2, 0.25) is 0 Å². The van der Waals surface area contributed by atoms with Crippen molar-refractivity contribution >= 4 is 35.6 Å². The summed E-state index contributed by atoms with van der Waals surface area (Å²) < 4.78 is 12.7. The van der Waals surface area contributed by atoms with Crippen LogP contribution in [0.15, 0.2) is 47.6 Å². The summed E-state index contributed by atoms with van der Waals surface area (Å²) in [5.74, 6) is 3.35. The number of hydrogen-bond acceptors (Lipinski definition) is 5. The number of nitrogens with zero attached hydrogens (tertiary/aromatic N) is 5. The van der Waals surface area contributed by atoms with Crippen LogP contribution in [0.4, 0.5) is 0 Å². The minimum absolute atomic E-state index is 0. The molecule has 0 atom stereocenters. The van der Waals surface area contributed by atoms with E-state index in [2.05, 4.69) is 31.5 Å². The summed E-state index contributed by atoms with van der Waals surface area (Å²) in [5.41, 5.74) is 2.07. The maximum absolute atomic E-state index is 5.39. The molecule has 0 fully saturated rings. The Hall–Kier alpha value is -2.56. The molecule has 0 radical (unpaired) electrons. The molecule has 0 spiro atoms. The Bertz CT molecular complexity index is 991. The zero-order valence-corrected chi connectivity index (χ0v) is 20.9. The number of benzene rings is 1. The summed E-state index contributed by atoms with van der Waals surface area (Å²) in [5, 5.41) is 11.9. The van der Waals surface area contributed by atoms with E-state index in [-0.39, 0.29) is 24.0 Å². The van der Waals surface area contributed by atoms with E-state index in [0.717, 1.165) is 61.3 Å². The molecule has 168 valence electrons. The Morgan fingerprint density at radius 3 is 2.65 bits per heavy atom. The second-order valence-corrected chi connectivity index (χ2v) is 6.98. The van der Waals surface area contributed by atoms with Crippen molar-refractivity contribution in [2.24, 2.45) is 4.99 Å². The molecule has 0 saturated heterocycles. The van der Waals surface area contributed by atoms with Crippen LogP contribution in [0.1, 0.15) is 17.8 Å². The van der Waals surface area contributed by atoms with Crippen LogP contribution in [0.2, 0.25) is 0 Å². The van der Waals surface area contributed by atoms with E-state index < -0.39 is 0 Å². The fourth-order valence-electron chi connectivity index (χ4n) is 3.33. The van der Waals surface area contributed by atoms with Gasteiger partial charge in [-0.05, 0) is 42.7 Å². The maximum atomic E-state index is 5.39. The number of pyridine rings is 1. The Morgan fingerprint density at radius 1 is 1.10 bits per heavy atom. The van der Waals surface area contributed by atoms with Crippen LogP contribution in [-0.4, -0.2) is 66.9 Å². The molecule has 1 N–H and O–H groups in total. The number of likely N-dealkylation sites (N-methyl/N-ethyl adjacent to an activating group) is 1. The second kappa shape index (κ2) is 12.3. The van der Waals surface area contributed by atoms with Gasteiger partial charge in [0.05, 0.1) is 14.2 Å². The Balaban J connectivity index is 0.00000341. The molecule has 1 aromatic carbocycles. The molecular weight excluding hydrogens is 507 g/mol. The van der Waals surface area contributed by atoms with Crippen molar-refractivity contribution in [3.8, 4) is 11.5 Å². The topological polar surface area (TPSA) is 76.3 Å². The summed E-state index contributed by atoms with van der Waals surface area (Å²) in [4.78, 5) is 6.53. The molecule has 0 aliphatic rings. The van der Waals surface area contributed by atoms with Crippen LogP contribution < -0.4 is 14.8 Å². The van der Waals surface area contributed by atoms with Crippen molar-refractivity contribution in [2.75, 3.05) is 41.4 Å². The largest absolute Gasteiger partial charge is 0.493 e. The number of halogens is 1. The number of aromatic nitrogens is 3. The van der Waals surface area contributed by atoms with Crippen LogP contribution in [0.5, 0.6) is 11.5 Å². The van der Waals surface area contributed by atoms with Crippen LogP contribution in [0.3, 0.4) is 0 Å². The maximum Gasteiger partial charge on any atom is 0.193 e. The molecule has 2 heterocycles. The summed E-state index contributed by atoms with van der Waals surface area (Å²) in [7, 11) is 7.15. The lowest BCUT2D eigenvalue weighted by Gasteiger charge is -2.22. The van der Waals surface area contributed by atoms with Gasteiger partial charge in [-0.15, -0.1) is 34.2 Å². The van der Waals surface area contributed by atoms with Crippen molar-refractivity contribution in [3.63, 3.8) is 0 Å². The van der Waals surface area contributed by atoms with Gasteiger partial charge in [-0.2, -0.15) is 0 Å². The SMILES string of the molecule is CN=C(NCCCc1nnc2ccccn12)N(C)CCc1ccc(OC)c(OC)c1.I. The monoisotopic (exact) mass is 538 g/mol. The second-order valence-electron chi connectivity index (χ2n) is 6.98. The molecule has 31 heavy (non-hydrogen) atoms. The summed E-state index contributed by atoms with van der Waals surface area (Å²) in [6.07, 6.45) is 4.67. The van der Waals surface area contributed by atoms with Gasteiger partial charge >= 0.3 is 0 Å². The fraction of sp³-hybridized carbons (Fsp3) is 0.409. The molecule has 9 heteroatoms. The lowest BCUT2D eigenvalue weighted by molar-refractivity contribution is 0.354. The van der Waals surface area contributed by atoms with Crippen LogP contribution in [0, 0.1) is 0 Å². The summed E-state index contributed by atoms with van der Waals surface area (Å²) in [6.45, 7) is 1.65. The third-order valence-corrected chi connectivity index (χ3v) is 5.00. The number of methoxy groups -OCH3 is 2. The normalized spacial score (nSPS) is 11.2. The van der Waals surface area contributed by atoms with Crippen molar-refractivity contribution in [3.05, 3.63) is 54.0 Å². The Kier molecular flexibility index (Phi) is 9.83. The smallest absolute Gasteiger partial charge is 0.193 e. The Labute approximate surface area is 200 Å². The molecular formula is C22H31IN6O2. The fourth-order valence-corrected chi connectivity index (χ4v) is 3.33. The van der Waals surface area contributed by atoms with Crippen molar-refractivity contribution in [1.29, 1.82) is 0 Å². The van der Waals surface area contributed by atoms with E-state index in [9.17, 15) is 0 Å². The van der Waals surface area contributed by atoms with E-state index in [1.54, 1.807) is 21.3 Å². The minimum atomic E-state index is 0. The first-order valence-corrected chi connectivity index (χ1v) is 10.1. The lowest BCUT2D eigenvalue weighted by Crippen LogP contribution is -2.40. The van der Waals surface area contributed by atoms with E-state index >= 15 is 0 Å². The molecule has 0 bridgehead atoms. The molecule has 3 rings (SSSR count). The highest BCUT2D eigenvalue weighted by Crippen LogP contribution is 2.27. The first-order chi connectivity index (χ1) is 14.7. The van der Waals surface area contributed by atoms with Crippen molar-refractivity contribution in [1.82, 2.24) is 24.8 Å². The number of rotatable bonds is 9. The van der Waals surface area contributed by atoms with E-state index in [1.165, 1.54) is 5.56 Å². The molecule has 0 aliphatic heterocycles. The van der Waals surface area contributed by atoms with Gasteiger partial charge in [-0.3, -0.25) is 9.39 Å². The number of hydrogen-bond donors (Lipinski definition) is 1. The third-order valence-electron chi connectivity index (χ3n) is 5.00. The molecule has 2 aromatic heterocycles. The van der Waals surface area contributed by atoms with Gasteiger partial charge in [-0.25, -0.2) is 0 Å². The van der Waals surface area contributed by atoms with Gasteiger partial charge in [0.25, 0.3) is 0 Å². The van der Waals surface area contributed by atoms with Crippen LogP contribution in [0.25, 0.3) is 5.65 Å². The highest BCUT2D eigenvalue weighted by Gasteiger charge is 2.09. The van der Waals surface area contributed by atoms with Crippen LogP contribution >= 0.6 is 24.0 Å². The first kappa shape index (κ1) is 24.7. The first-order valence-electron chi connectivity index (χ1n) is 10.1. The molecule has 0 aliphatic carbocycles. The average molecular weight is 538 g/mol. The number of aliphatic imine (C=N–C) groups is 1. The molecule has 8 nitrogen and oxygen atoms in total. The highest BCUT2D eigenvalue weighted by molar-refractivity contribution is 14.0. The number of ether oxygens (including phenoxy) is 2. The quantitative estimate of drug-likeness (QED) is 0.196. The van der Waals surface area contributed by atoms with Gasteiger partial charge in [0.1, 0.15) is 5.82 Å². The third kappa shape index (κ3) is 6.46. The zero-order chi connectivity index (χ0) is 21.3. The Morgan fingerprint density at radius 2 is 1.90 bits per heavy atom. The molecule has 0 amide bonds. The predicted molar refractivity (Wildman–Crippen MR) is 134 cm³/mol.